The van der Waals surface area contributed by atoms with Crippen LogP contribution in [0.15, 0.2) is 0 Å². The highest BCUT2D eigenvalue weighted by Crippen LogP contribution is 2.14. The first-order chi connectivity index (χ1) is 19.9. The van der Waals surface area contributed by atoms with Crippen LogP contribution in [0, 0.1) is 0 Å². The van der Waals surface area contributed by atoms with E-state index in [1.54, 1.807) is 0 Å². The standard InChI is InChI=1S/C36H74O4/c1-3-5-7-9-11-13-15-16-17-18-19-20-22-24-26-28-30-38-32-34-40-36-35-39-33-31-37-29-27-25-23-21-14-12-10-8-6-4-2/h3-36H2,1-2H3. The van der Waals surface area contributed by atoms with Gasteiger partial charge in [0.15, 0.2) is 0 Å². The maximum Gasteiger partial charge on any atom is 0.0701 e. The second-order valence-electron chi connectivity index (χ2n) is 11.9. The minimum absolute atomic E-state index is 0.640. The van der Waals surface area contributed by atoms with Crippen LogP contribution in [-0.4, -0.2) is 52.9 Å². The summed E-state index contributed by atoms with van der Waals surface area (Å²) in [5, 5.41) is 0. The van der Waals surface area contributed by atoms with E-state index >= 15 is 0 Å². The van der Waals surface area contributed by atoms with Crippen LogP contribution in [0.1, 0.15) is 181 Å². The molecular weight excluding hydrogens is 496 g/mol. The Balaban J connectivity index is 3.01. The Kier molecular flexibility index (Phi) is 38.7. The van der Waals surface area contributed by atoms with Crippen molar-refractivity contribution in [2.24, 2.45) is 0 Å². The van der Waals surface area contributed by atoms with Gasteiger partial charge in [-0.15, -0.1) is 0 Å². The van der Waals surface area contributed by atoms with E-state index in [4.69, 9.17) is 18.9 Å². The third kappa shape index (κ3) is 37.8. The summed E-state index contributed by atoms with van der Waals surface area (Å²) in [6, 6.07) is 0. The van der Waals surface area contributed by atoms with Gasteiger partial charge in [-0.3, -0.25) is 0 Å². The van der Waals surface area contributed by atoms with E-state index < -0.39 is 0 Å². The van der Waals surface area contributed by atoms with Gasteiger partial charge in [0, 0.05) is 13.2 Å². The Bertz CT molecular complexity index is 380. The largest absolute Gasteiger partial charge is 0.379 e. The molecule has 0 heterocycles. The molecule has 40 heavy (non-hydrogen) atoms. The van der Waals surface area contributed by atoms with Crippen molar-refractivity contribution in [1.29, 1.82) is 0 Å². The van der Waals surface area contributed by atoms with Crippen LogP contribution in [0.3, 0.4) is 0 Å². The molecular formula is C36H74O4. The molecule has 0 aromatic rings. The van der Waals surface area contributed by atoms with Gasteiger partial charge in [0.1, 0.15) is 0 Å². The lowest BCUT2D eigenvalue weighted by Gasteiger charge is -2.08. The van der Waals surface area contributed by atoms with Gasteiger partial charge >= 0.3 is 0 Å². The molecule has 0 aromatic carbocycles. The second kappa shape index (κ2) is 38.8. The first kappa shape index (κ1) is 39.8. The van der Waals surface area contributed by atoms with E-state index in [0.717, 1.165) is 13.2 Å². The summed E-state index contributed by atoms with van der Waals surface area (Å²) in [6.07, 6.45) is 36.1. The van der Waals surface area contributed by atoms with Crippen molar-refractivity contribution in [1.82, 2.24) is 0 Å². The van der Waals surface area contributed by atoms with E-state index in [-0.39, 0.29) is 0 Å². The van der Waals surface area contributed by atoms with Crippen LogP contribution < -0.4 is 0 Å². The third-order valence-corrected chi connectivity index (χ3v) is 7.90. The molecule has 242 valence electrons. The molecule has 4 nitrogen and oxygen atoms in total. The van der Waals surface area contributed by atoms with E-state index in [0.29, 0.717) is 39.6 Å². The number of unbranched alkanes of at least 4 members (excludes halogenated alkanes) is 24. The number of hydrogen-bond donors (Lipinski definition) is 0. The molecule has 4 heteroatoms. The van der Waals surface area contributed by atoms with Crippen molar-refractivity contribution < 1.29 is 18.9 Å². The van der Waals surface area contributed by atoms with Crippen molar-refractivity contribution in [3.63, 3.8) is 0 Å². The summed E-state index contributed by atoms with van der Waals surface area (Å²) < 4.78 is 22.6. The van der Waals surface area contributed by atoms with E-state index in [9.17, 15) is 0 Å². The Morgan fingerprint density at radius 2 is 0.375 bits per heavy atom. The molecule has 0 aliphatic heterocycles. The zero-order valence-electron chi connectivity index (χ0n) is 27.7. The maximum absolute atomic E-state index is 5.70. The van der Waals surface area contributed by atoms with Gasteiger partial charge in [-0.05, 0) is 12.8 Å². The highest BCUT2D eigenvalue weighted by Gasteiger charge is 1.97. The Hall–Kier alpha value is -0.160. The normalized spacial score (nSPS) is 11.6. The molecule has 0 aliphatic carbocycles. The maximum atomic E-state index is 5.70. The van der Waals surface area contributed by atoms with Crippen molar-refractivity contribution in [3.05, 3.63) is 0 Å². The molecule has 0 spiro atoms. The highest BCUT2D eigenvalue weighted by molar-refractivity contribution is 4.50. The van der Waals surface area contributed by atoms with Crippen LogP contribution in [0.5, 0.6) is 0 Å². The second-order valence-corrected chi connectivity index (χ2v) is 11.9. The molecule has 0 atom stereocenters. The van der Waals surface area contributed by atoms with Crippen molar-refractivity contribution in [3.8, 4) is 0 Å². The van der Waals surface area contributed by atoms with Crippen LogP contribution in [0.2, 0.25) is 0 Å². The lowest BCUT2D eigenvalue weighted by molar-refractivity contribution is -0.00248. The average molecular weight is 571 g/mol. The van der Waals surface area contributed by atoms with Gasteiger partial charge in [-0.25, -0.2) is 0 Å². The van der Waals surface area contributed by atoms with Crippen LogP contribution in [0.25, 0.3) is 0 Å². The summed E-state index contributed by atoms with van der Waals surface area (Å²) in [5.41, 5.74) is 0. The summed E-state index contributed by atoms with van der Waals surface area (Å²) in [5.74, 6) is 0. The van der Waals surface area contributed by atoms with Crippen molar-refractivity contribution >= 4 is 0 Å². The molecule has 0 saturated heterocycles. The Morgan fingerprint density at radius 3 is 0.600 bits per heavy atom. The Labute approximate surface area is 252 Å². The molecule has 0 fully saturated rings. The van der Waals surface area contributed by atoms with Crippen LogP contribution in [-0.2, 0) is 18.9 Å². The van der Waals surface area contributed by atoms with Crippen LogP contribution >= 0.6 is 0 Å². The molecule has 0 N–H and O–H groups in total. The number of hydrogen-bond acceptors (Lipinski definition) is 4. The fraction of sp³-hybridized carbons (Fsp3) is 1.00. The summed E-state index contributed by atoms with van der Waals surface area (Å²) >= 11 is 0. The lowest BCUT2D eigenvalue weighted by atomic mass is 10.0. The van der Waals surface area contributed by atoms with Crippen LogP contribution in [0.4, 0.5) is 0 Å². The summed E-state index contributed by atoms with van der Waals surface area (Å²) in [6.45, 7) is 10.3. The molecule has 0 amide bonds. The number of ether oxygens (including phenoxy) is 4. The summed E-state index contributed by atoms with van der Waals surface area (Å²) in [7, 11) is 0. The predicted molar refractivity (Wildman–Crippen MR) is 175 cm³/mol. The van der Waals surface area contributed by atoms with Crippen molar-refractivity contribution in [2.75, 3.05) is 52.9 Å². The smallest absolute Gasteiger partial charge is 0.0701 e. The lowest BCUT2D eigenvalue weighted by Crippen LogP contribution is -2.12. The number of rotatable bonds is 37. The minimum Gasteiger partial charge on any atom is -0.379 e. The third-order valence-electron chi connectivity index (χ3n) is 7.90. The first-order valence-electron chi connectivity index (χ1n) is 18.2. The molecule has 0 unspecified atom stereocenters. The monoisotopic (exact) mass is 571 g/mol. The first-order valence-corrected chi connectivity index (χ1v) is 18.2. The molecule has 0 bridgehead atoms. The van der Waals surface area contributed by atoms with Gasteiger partial charge in [-0.2, -0.15) is 0 Å². The van der Waals surface area contributed by atoms with Crippen molar-refractivity contribution in [2.45, 2.75) is 181 Å². The topological polar surface area (TPSA) is 36.9 Å². The average Bonchev–Trinajstić information content (AvgIpc) is 2.97. The fourth-order valence-electron chi connectivity index (χ4n) is 5.21. The quantitative estimate of drug-likeness (QED) is 0.0696. The molecule has 0 aromatic heterocycles. The predicted octanol–water partition coefficient (Wildman–Crippen LogP) is 11.2. The summed E-state index contributed by atoms with van der Waals surface area (Å²) in [4.78, 5) is 0. The SMILES string of the molecule is CCCCCCCCCCCCCCCCCCOCCOCCOCCOCCCCCCCCCCCC. The molecule has 0 rings (SSSR count). The van der Waals surface area contributed by atoms with Gasteiger partial charge in [0.05, 0.1) is 39.6 Å². The Morgan fingerprint density at radius 1 is 0.200 bits per heavy atom. The minimum atomic E-state index is 0.640. The van der Waals surface area contributed by atoms with Gasteiger partial charge < -0.3 is 18.9 Å². The zero-order valence-corrected chi connectivity index (χ0v) is 27.7. The molecule has 0 aliphatic rings. The zero-order chi connectivity index (χ0) is 28.9. The van der Waals surface area contributed by atoms with E-state index in [1.807, 2.05) is 0 Å². The van der Waals surface area contributed by atoms with E-state index in [2.05, 4.69) is 13.8 Å². The van der Waals surface area contributed by atoms with Gasteiger partial charge in [0.25, 0.3) is 0 Å². The molecule has 0 radical (unpaired) electrons. The highest BCUT2D eigenvalue weighted by atomic mass is 16.6. The van der Waals surface area contributed by atoms with Gasteiger partial charge in [-0.1, -0.05) is 168 Å². The van der Waals surface area contributed by atoms with E-state index in [1.165, 1.54) is 167 Å². The fourth-order valence-corrected chi connectivity index (χ4v) is 5.21. The van der Waals surface area contributed by atoms with Gasteiger partial charge in [0.2, 0.25) is 0 Å². The molecule has 0 saturated carbocycles.